The van der Waals surface area contributed by atoms with E-state index >= 15 is 0 Å². The number of sulfonamides is 1. The van der Waals surface area contributed by atoms with Crippen molar-refractivity contribution in [2.75, 3.05) is 44.2 Å². The number of H-pyrrole nitrogens is 1. The van der Waals surface area contributed by atoms with Gasteiger partial charge in [0.05, 0.1) is 20.9 Å². The fourth-order valence-electron chi connectivity index (χ4n) is 5.30. The van der Waals surface area contributed by atoms with Gasteiger partial charge in [-0.15, -0.1) is 0 Å². The number of piperazine rings is 1. The lowest BCUT2D eigenvalue weighted by Crippen LogP contribution is -2.53. The summed E-state index contributed by atoms with van der Waals surface area (Å²) in [4.78, 5) is 18.5. The minimum atomic E-state index is -4.74. The van der Waals surface area contributed by atoms with Crippen molar-refractivity contribution in [2.45, 2.75) is 30.0 Å². The van der Waals surface area contributed by atoms with Crippen LogP contribution in [0.25, 0.3) is 10.8 Å². The van der Waals surface area contributed by atoms with E-state index in [0.717, 1.165) is 49.4 Å². The molecule has 0 unspecified atom stereocenters. The molecule has 2 fully saturated rings. The number of anilines is 1. The molecule has 12 heteroatoms. The molecule has 0 atom stereocenters. The van der Waals surface area contributed by atoms with E-state index < -0.39 is 26.7 Å². The lowest BCUT2D eigenvalue weighted by molar-refractivity contribution is -0.139. The summed E-state index contributed by atoms with van der Waals surface area (Å²) in [7, 11) is -4.25. The molecule has 0 saturated carbocycles. The standard InChI is InChI=1S/C25H26ClF3N4O3S/c26-21-16-19(15-17-5-8-30-24(34)23(17)21)32-13-11-31(12-14-32)18-6-9-33(10-7-18)37(35,36)22-4-2-1-3-20(22)25(27,28)29/h1-5,8,15-16,18H,6-7,9-14H2,(H,30,34). The molecule has 2 aliphatic heterocycles. The Bertz CT molecular complexity index is 1460. The number of nitrogens with zero attached hydrogens (tertiary/aromatic N) is 3. The molecular weight excluding hydrogens is 529 g/mol. The van der Waals surface area contributed by atoms with Gasteiger partial charge in [-0.1, -0.05) is 23.7 Å². The molecule has 2 aliphatic rings. The number of nitrogens with one attached hydrogen (secondary N) is 1. The first-order chi connectivity index (χ1) is 17.6. The monoisotopic (exact) mass is 554 g/mol. The Kier molecular flexibility index (Phi) is 6.99. The third-order valence-electron chi connectivity index (χ3n) is 7.24. The van der Waals surface area contributed by atoms with Gasteiger partial charge in [0.25, 0.3) is 5.56 Å². The predicted molar refractivity (Wildman–Crippen MR) is 137 cm³/mol. The second-order valence-corrected chi connectivity index (χ2v) is 11.7. The topological polar surface area (TPSA) is 76.7 Å². The zero-order chi connectivity index (χ0) is 26.4. The van der Waals surface area contributed by atoms with Crippen LogP contribution in [0.15, 0.2) is 58.4 Å². The highest BCUT2D eigenvalue weighted by atomic mass is 35.5. The molecule has 0 aliphatic carbocycles. The van der Waals surface area contributed by atoms with Crippen molar-refractivity contribution in [3.05, 3.63) is 69.6 Å². The molecule has 198 valence electrons. The number of aromatic amines is 1. The van der Waals surface area contributed by atoms with Crippen molar-refractivity contribution in [2.24, 2.45) is 0 Å². The molecular formula is C25H26ClF3N4O3S. The average Bonchev–Trinajstić information content (AvgIpc) is 2.88. The van der Waals surface area contributed by atoms with Gasteiger partial charge < -0.3 is 9.88 Å². The van der Waals surface area contributed by atoms with Crippen molar-refractivity contribution >= 4 is 38.1 Å². The van der Waals surface area contributed by atoms with Crippen LogP contribution in [0, 0.1) is 0 Å². The third-order valence-corrected chi connectivity index (χ3v) is 9.49. The number of benzene rings is 2. The Morgan fingerprint density at radius 2 is 1.62 bits per heavy atom. The molecule has 1 aromatic heterocycles. The van der Waals surface area contributed by atoms with E-state index in [1.54, 1.807) is 12.3 Å². The number of fused-ring (bicyclic) bond motifs is 1. The number of piperidine rings is 1. The quantitative estimate of drug-likeness (QED) is 0.524. The van der Waals surface area contributed by atoms with Gasteiger partial charge in [0.15, 0.2) is 0 Å². The van der Waals surface area contributed by atoms with Crippen LogP contribution in [0.3, 0.4) is 0 Å². The molecule has 0 bridgehead atoms. The average molecular weight is 555 g/mol. The first-order valence-electron chi connectivity index (χ1n) is 12.0. The maximum atomic E-state index is 13.4. The number of hydrogen-bond acceptors (Lipinski definition) is 5. The molecule has 0 radical (unpaired) electrons. The van der Waals surface area contributed by atoms with Gasteiger partial charge in [-0.3, -0.25) is 9.69 Å². The lowest BCUT2D eigenvalue weighted by atomic mass is 10.0. The summed E-state index contributed by atoms with van der Waals surface area (Å²) in [5.41, 5.74) is -0.423. The largest absolute Gasteiger partial charge is 0.417 e. The minimum Gasteiger partial charge on any atom is -0.369 e. The van der Waals surface area contributed by atoms with Crippen LogP contribution < -0.4 is 10.5 Å². The first-order valence-corrected chi connectivity index (χ1v) is 13.8. The van der Waals surface area contributed by atoms with E-state index in [4.69, 9.17) is 11.6 Å². The third kappa shape index (κ3) is 5.09. The molecule has 0 spiro atoms. The predicted octanol–water partition coefficient (Wildman–Crippen LogP) is 4.18. The van der Waals surface area contributed by atoms with Gasteiger partial charge in [0.2, 0.25) is 10.0 Å². The van der Waals surface area contributed by atoms with Crippen LogP contribution >= 0.6 is 11.6 Å². The fraction of sp³-hybridized carbons (Fsp3) is 0.400. The van der Waals surface area contributed by atoms with Crippen molar-refractivity contribution in [1.82, 2.24) is 14.2 Å². The van der Waals surface area contributed by atoms with Crippen molar-refractivity contribution in [3.63, 3.8) is 0 Å². The van der Waals surface area contributed by atoms with E-state index in [1.807, 2.05) is 12.1 Å². The van der Waals surface area contributed by atoms with Crippen molar-refractivity contribution in [3.8, 4) is 0 Å². The smallest absolute Gasteiger partial charge is 0.369 e. The number of rotatable bonds is 4. The molecule has 37 heavy (non-hydrogen) atoms. The zero-order valence-corrected chi connectivity index (χ0v) is 21.4. The summed E-state index contributed by atoms with van der Waals surface area (Å²) in [6.07, 6.45) is -2.04. The highest BCUT2D eigenvalue weighted by Gasteiger charge is 2.40. The first kappa shape index (κ1) is 26.0. The van der Waals surface area contributed by atoms with Gasteiger partial charge in [-0.2, -0.15) is 17.5 Å². The fourth-order valence-corrected chi connectivity index (χ4v) is 7.29. The van der Waals surface area contributed by atoms with Gasteiger partial charge in [0.1, 0.15) is 0 Å². The Balaban J connectivity index is 1.22. The summed E-state index contributed by atoms with van der Waals surface area (Å²) in [6, 6.07) is 10.1. The second-order valence-electron chi connectivity index (χ2n) is 9.35. The van der Waals surface area contributed by atoms with Crippen LogP contribution in [0.1, 0.15) is 18.4 Å². The molecule has 3 heterocycles. The van der Waals surface area contributed by atoms with E-state index in [0.29, 0.717) is 23.3 Å². The Morgan fingerprint density at radius 1 is 0.946 bits per heavy atom. The van der Waals surface area contributed by atoms with Crippen molar-refractivity contribution in [1.29, 1.82) is 0 Å². The van der Waals surface area contributed by atoms with Crippen LogP contribution in [-0.4, -0.2) is 67.9 Å². The van der Waals surface area contributed by atoms with Gasteiger partial charge in [0, 0.05) is 57.2 Å². The van der Waals surface area contributed by atoms with Gasteiger partial charge in [-0.05, 0) is 48.6 Å². The zero-order valence-electron chi connectivity index (χ0n) is 19.8. The number of alkyl halides is 3. The number of pyridine rings is 1. The van der Waals surface area contributed by atoms with E-state index in [2.05, 4.69) is 14.8 Å². The SMILES string of the molecule is O=c1[nH]ccc2cc(N3CCN(C4CCN(S(=O)(=O)c5ccccc5C(F)(F)F)CC4)CC3)cc(Cl)c12. The maximum absolute atomic E-state index is 13.4. The Labute approximate surface area is 217 Å². The molecule has 1 N–H and O–H groups in total. The highest BCUT2D eigenvalue weighted by molar-refractivity contribution is 7.89. The second kappa shape index (κ2) is 9.94. The van der Waals surface area contributed by atoms with Crippen LogP contribution in [0.4, 0.5) is 18.9 Å². The van der Waals surface area contributed by atoms with Gasteiger partial charge >= 0.3 is 6.18 Å². The number of hydrogen-bond donors (Lipinski definition) is 1. The normalized spacial score (nSPS) is 19.0. The van der Waals surface area contributed by atoms with Crippen LogP contribution in [0.5, 0.6) is 0 Å². The highest BCUT2D eigenvalue weighted by Crippen LogP contribution is 2.36. The molecule has 3 aromatic rings. The Hall–Kier alpha value is -2.60. The van der Waals surface area contributed by atoms with Crippen molar-refractivity contribution < 1.29 is 21.6 Å². The van der Waals surface area contributed by atoms with Crippen LogP contribution in [-0.2, 0) is 16.2 Å². The van der Waals surface area contributed by atoms with Crippen LogP contribution in [0.2, 0.25) is 5.02 Å². The number of aromatic nitrogens is 1. The van der Waals surface area contributed by atoms with E-state index in [1.165, 1.54) is 16.4 Å². The molecule has 2 saturated heterocycles. The molecule has 0 amide bonds. The van der Waals surface area contributed by atoms with E-state index in [-0.39, 0.29) is 24.7 Å². The molecule has 7 nitrogen and oxygen atoms in total. The van der Waals surface area contributed by atoms with E-state index in [9.17, 15) is 26.4 Å². The lowest BCUT2D eigenvalue weighted by Gasteiger charge is -2.43. The summed E-state index contributed by atoms with van der Waals surface area (Å²) >= 11 is 6.39. The summed E-state index contributed by atoms with van der Waals surface area (Å²) < 4.78 is 67.5. The maximum Gasteiger partial charge on any atom is 0.417 e. The molecule has 5 rings (SSSR count). The summed E-state index contributed by atoms with van der Waals surface area (Å²) in [5, 5.41) is 1.64. The summed E-state index contributed by atoms with van der Waals surface area (Å²) in [5.74, 6) is 0. The Morgan fingerprint density at radius 3 is 2.30 bits per heavy atom. The summed E-state index contributed by atoms with van der Waals surface area (Å²) in [6.45, 7) is 3.35. The number of halogens is 4. The molecule has 2 aromatic carbocycles. The minimum absolute atomic E-state index is 0.158. The van der Waals surface area contributed by atoms with Gasteiger partial charge in [-0.25, -0.2) is 8.42 Å².